The predicted octanol–water partition coefficient (Wildman–Crippen LogP) is 4.30. The molecule has 0 saturated carbocycles. The van der Waals surface area contributed by atoms with Crippen molar-refractivity contribution in [2.45, 2.75) is 64.5 Å². The average molecular weight is 344 g/mol. The van der Waals surface area contributed by atoms with Crippen molar-refractivity contribution in [2.24, 2.45) is 5.92 Å². The highest BCUT2D eigenvalue weighted by Gasteiger charge is 2.30. The number of ether oxygens (including phenoxy) is 1. The summed E-state index contributed by atoms with van der Waals surface area (Å²) in [5, 5.41) is 2.96. The summed E-state index contributed by atoms with van der Waals surface area (Å²) in [6, 6.07) is 9.47. The van der Waals surface area contributed by atoms with Crippen LogP contribution in [0.15, 0.2) is 24.3 Å². The van der Waals surface area contributed by atoms with Crippen LogP contribution in [0.5, 0.6) is 0 Å². The van der Waals surface area contributed by atoms with Gasteiger partial charge in [0.25, 0.3) is 0 Å². The average Bonchev–Trinajstić information content (AvgIpc) is 2.58. The highest BCUT2D eigenvalue weighted by atomic mass is 16.6. The quantitative estimate of drug-likeness (QED) is 0.889. The molecule has 1 aromatic carbocycles. The number of nitrogens with one attached hydrogen (secondary N) is 1. The molecule has 1 aliphatic carbocycles. The van der Waals surface area contributed by atoms with Gasteiger partial charge >= 0.3 is 6.09 Å². The fourth-order valence-corrected chi connectivity index (χ4v) is 4.20. The number of rotatable bonds is 3. The molecular weight excluding hydrogens is 312 g/mol. The summed E-state index contributed by atoms with van der Waals surface area (Å²) in [6.07, 6.45) is 5.83. The van der Waals surface area contributed by atoms with Crippen LogP contribution in [0, 0.1) is 5.92 Å². The van der Waals surface area contributed by atoms with Gasteiger partial charge < -0.3 is 10.1 Å². The summed E-state index contributed by atoms with van der Waals surface area (Å²) < 4.78 is 5.35. The second-order valence-electron chi connectivity index (χ2n) is 8.49. The molecule has 1 saturated heterocycles. The Labute approximate surface area is 151 Å². The smallest absolute Gasteiger partial charge is 0.407 e. The van der Waals surface area contributed by atoms with E-state index in [2.05, 4.69) is 34.5 Å². The number of hydrogen-bond donors (Lipinski definition) is 1. The van der Waals surface area contributed by atoms with Crippen LogP contribution in [-0.2, 0) is 11.2 Å². The van der Waals surface area contributed by atoms with Gasteiger partial charge in [0.05, 0.1) is 0 Å². The van der Waals surface area contributed by atoms with Crippen LogP contribution >= 0.6 is 0 Å². The second kappa shape index (κ2) is 7.77. The number of piperidine rings is 1. The topological polar surface area (TPSA) is 41.6 Å². The van der Waals surface area contributed by atoms with Crippen LogP contribution in [0.3, 0.4) is 0 Å². The fraction of sp³-hybridized carbons (Fsp3) is 0.667. The summed E-state index contributed by atoms with van der Waals surface area (Å²) >= 11 is 0. The maximum Gasteiger partial charge on any atom is 0.407 e. The summed E-state index contributed by atoms with van der Waals surface area (Å²) in [5.74, 6) is 0.510. The number of likely N-dealkylation sites (tertiary alicyclic amines) is 1. The number of carbonyl (C=O) groups excluding carboxylic acids is 1. The highest BCUT2D eigenvalue weighted by molar-refractivity contribution is 5.67. The zero-order chi connectivity index (χ0) is 17.9. The standard InChI is InChI=1S/C21H32N2O2/c1-21(2,3)25-20(24)22-14-16-8-7-13-23(15-16)19-12-6-10-17-9-4-5-11-18(17)19/h4-5,9,11,16,19H,6-8,10,12-15H2,1-3H3,(H,22,24)/t16-,19+/m0/s1. The third kappa shape index (κ3) is 4.97. The van der Waals surface area contributed by atoms with Gasteiger partial charge in [0.1, 0.15) is 5.60 Å². The van der Waals surface area contributed by atoms with Gasteiger partial charge in [-0.15, -0.1) is 0 Å². The van der Waals surface area contributed by atoms with Gasteiger partial charge in [-0.2, -0.15) is 0 Å². The minimum Gasteiger partial charge on any atom is -0.444 e. The van der Waals surface area contributed by atoms with Crippen molar-refractivity contribution in [3.63, 3.8) is 0 Å². The molecule has 3 rings (SSSR count). The molecule has 138 valence electrons. The molecule has 0 aromatic heterocycles. The van der Waals surface area contributed by atoms with Gasteiger partial charge in [0, 0.05) is 19.1 Å². The van der Waals surface area contributed by atoms with E-state index >= 15 is 0 Å². The lowest BCUT2D eigenvalue weighted by Gasteiger charge is -2.41. The van der Waals surface area contributed by atoms with Crippen molar-refractivity contribution in [2.75, 3.05) is 19.6 Å². The maximum atomic E-state index is 11.9. The van der Waals surface area contributed by atoms with E-state index in [1.165, 1.54) is 49.8 Å². The van der Waals surface area contributed by atoms with E-state index in [9.17, 15) is 4.79 Å². The van der Waals surface area contributed by atoms with Gasteiger partial charge in [-0.25, -0.2) is 4.79 Å². The van der Waals surface area contributed by atoms with Crippen molar-refractivity contribution >= 4 is 6.09 Å². The fourth-order valence-electron chi connectivity index (χ4n) is 4.20. The van der Waals surface area contributed by atoms with Crippen LogP contribution in [0.25, 0.3) is 0 Å². The number of fused-ring (bicyclic) bond motifs is 1. The van der Waals surface area contributed by atoms with E-state index in [0.717, 1.165) is 6.54 Å². The Bertz CT molecular complexity index is 594. The molecule has 0 spiro atoms. The molecule has 2 aliphatic rings. The van der Waals surface area contributed by atoms with Crippen molar-refractivity contribution in [3.8, 4) is 0 Å². The molecule has 1 N–H and O–H groups in total. The van der Waals surface area contributed by atoms with E-state index in [0.29, 0.717) is 18.5 Å². The molecule has 0 radical (unpaired) electrons. The van der Waals surface area contributed by atoms with E-state index in [1.54, 1.807) is 0 Å². The molecule has 1 heterocycles. The largest absolute Gasteiger partial charge is 0.444 e. The molecule has 0 unspecified atom stereocenters. The summed E-state index contributed by atoms with van der Waals surface area (Å²) in [7, 11) is 0. The SMILES string of the molecule is CC(C)(C)OC(=O)NC[C@@H]1CCCN([C@@H]2CCCc3ccccc32)C1. The molecule has 1 fully saturated rings. The monoisotopic (exact) mass is 344 g/mol. The predicted molar refractivity (Wildman–Crippen MR) is 101 cm³/mol. The van der Waals surface area contributed by atoms with E-state index < -0.39 is 5.60 Å². The number of hydrogen-bond acceptors (Lipinski definition) is 3. The number of aryl methyl sites for hydroxylation is 1. The molecule has 4 heteroatoms. The Morgan fingerprint density at radius 2 is 2.04 bits per heavy atom. The van der Waals surface area contributed by atoms with Crippen LogP contribution in [0.1, 0.15) is 63.6 Å². The normalized spacial score (nSPS) is 24.4. The Hall–Kier alpha value is -1.55. The van der Waals surface area contributed by atoms with Crippen LogP contribution < -0.4 is 5.32 Å². The first kappa shape index (κ1) is 18.2. The number of carbonyl (C=O) groups is 1. The minimum absolute atomic E-state index is 0.298. The van der Waals surface area contributed by atoms with E-state index in [1.807, 2.05) is 20.8 Å². The van der Waals surface area contributed by atoms with Crippen molar-refractivity contribution < 1.29 is 9.53 Å². The number of alkyl carbamates (subject to hydrolysis) is 1. The summed E-state index contributed by atoms with van der Waals surface area (Å²) in [4.78, 5) is 14.5. The van der Waals surface area contributed by atoms with Gasteiger partial charge in [-0.3, -0.25) is 4.90 Å². The molecule has 4 nitrogen and oxygen atoms in total. The van der Waals surface area contributed by atoms with Crippen LogP contribution in [0.2, 0.25) is 0 Å². The lowest BCUT2D eigenvalue weighted by Crippen LogP contribution is -2.44. The van der Waals surface area contributed by atoms with E-state index in [-0.39, 0.29) is 6.09 Å². The van der Waals surface area contributed by atoms with E-state index in [4.69, 9.17) is 4.74 Å². The van der Waals surface area contributed by atoms with Crippen molar-refractivity contribution in [1.82, 2.24) is 10.2 Å². The Morgan fingerprint density at radius 3 is 2.84 bits per heavy atom. The van der Waals surface area contributed by atoms with Gasteiger partial charge in [0.2, 0.25) is 0 Å². The first-order chi connectivity index (χ1) is 11.9. The number of nitrogens with zero attached hydrogens (tertiary/aromatic N) is 1. The second-order valence-corrected chi connectivity index (χ2v) is 8.49. The molecular formula is C21H32N2O2. The van der Waals surface area contributed by atoms with Gasteiger partial charge in [-0.05, 0) is 76.5 Å². The Kier molecular flexibility index (Phi) is 5.67. The zero-order valence-corrected chi connectivity index (χ0v) is 15.9. The van der Waals surface area contributed by atoms with Gasteiger partial charge in [-0.1, -0.05) is 24.3 Å². The first-order valence-electron chi connectivity index (χ1n) is 9.71. The lowest BCUT2D eigenvalue weighted by molar-refractivity contribution is 0.0496. The molecule has 1 aromatic rings. The van der Waals surface area contributed by atoms with Crippen LogP contribution in [0.4, 0.5) is 4.79 Å². The summed E-state index contributed by atoms with van der Waals surface area (Å²) in [5.41, 5.74) is 2.61. The third-order valence-electron chi connectivity index (χ3n) is 5.26. The zero-order valence-electron chi connectivity index (χ0n) is 15.9. The molecule has 0 bridgehead atoms. The molecule has 1 aliphatic heterocycles. The van der Waals surface area contributed by atoms with Gasteiger partial charge in [0.15, 0.2) is 0 Å². The highest BCUT2D eigenvalue weighted by Crippen LogP contribution is 2.36. The number of benzene rings is 1. The third-order valence-corrected chi connectivity index (χ3v) is 5.26. The molecule has 1 amide bonds. The summed E-state index contributed by atoms with van der Waals surface area (Å²) in [6.45, 7) is 8.64. The van der Waals surface area contributed by atoms with Crippen LogP contribution in [-0.4, -0.2) is 36.2 Å². The maximum absolute atomic E-state index is 11.9. The van der Waals surface area contributed by atoms with Crippen molar-refractivity contribution in [1.29, 1.82) is 0 Å². The molecule has 2 atom stereocenters. The minimum atomic E-state index is -0.436. The Morgan fingerprint density at radius 1 is 1.24 bits per heavy atom. The molecule has 25 heavy (non-hydrogen) atoms. The number of amides is 1. The first-order valence-corrected chi connectivity index (χ1v) is 9.71. The van der Waals surface area contributed by atoms with Crippen molar-refractivity contribution in [3.05, 3.63) is 35.4 Å². The lowest BCUT2D eigenvalue weighted by atomic mass is 9.85. The Balaban J connectivity index is 1.56.